The van der Waals surface area contributed by atoms with E-state index in [1.165, 1.54) is 21.8 Å². The Morgan fingerprint density at radius 3 is 2.08 bits per heavy atom. The number of para-hydroxylation sites is 2. The maximum absolute atomic E-state index is 11.5. The minimum Gasteiger partial charge on any atom is -0.462 e. The Hall–Kier alpha value is -2.33. The Kier molecular flexibility index (Phi) is 4.82. The molecule has 0 aliphatic rings. The van der Waals surface area contributed by atoms with Crippen molar-refractivity contribution in [1.29, 1.82) is 0 Å². The summed E-state index contributed by atoms with van der Waals surface area (Å²) in [6, 6.07) is 18.3. The third kappa shape index (κ3) is 3.40. The molecule has 3 rings (SSSR count). The van der Waals surface area contributed by atoms with E-state index in [2.05, 4.69) is 72.4 Å². The molecule has 1 aromatic heterocycles. The summed E-state index contributed by atoms with van der Waals surface area (Å²) < 4.78 is 7.82. The highest BCUT2D eigenvalue weighted by molar-refractivity contribution is 6.77. The second kappa shape index (κ2) is 6.88. The zero-order valence-corrected chi connectivity index (χ0v) is 16.2. The van der Waals surface area contributed by atoms with E-state index in [4.69, 9.17) is 4.74 Å². The number of ether oxygens (including phenoxy) is 1. The molecular formula is C21H25NO2Si. The Morgan fingerprint density at radius 1 is 1.04 bits per heavy atom. The van der Waals surface area contributed by atoms with Crippen LogP contribution in [0.5, 0.6) is 0 Å². The van der Waals surface area contributed by atoms with Crippen molar-refractivity contribution in [3.8, 4) is 0 Å². The molecule has 0 atom stereocenters. The van der Waals surface area contributed by atoms with Crippen molar-refractivity contribution in [3.63, 3.8) is 0 Å². The van der Waals surface area contributed by atoms with Crippen molar-refractivity contribution in [2.24, 2.45) is 0 Å². The Balaban J connectivity index is 1.88. The first-order valence-electron chi connectivity index (χ1n) is 8.73. The third-order valence-corrected chi connectivity index (χ3v) is 7.97. The van der Waals surface area contributed by atoms with E-state index in [9.17, 15) is 4.79 Å². The number of hydrogen-bond donors (Lipinski definition) is 0. The predicted molar refractivity (Wildman–Crippen MR) is 108 cm³/mol. The van der Waals surface area contributed by atoms with Crippen molar-refractivity contribution in [1.82, 2.24) is 4.23 Å². The van der Waals surface area contributed by atoms with Gasteiger partial charge in [-0.05, 0) is 31.5 Å². The van der Waals surface area contributed by atoms with Crippen LogP contribution < -0.4 is 0 Å². The van der Waals surface area contributed by atoms with Crippen molar-refractivity contribution >= 4 is 36.0 Å². The SMILES string of the molecule is C=C(C)C(=O)OCCC[Si](C)(C)n1c2ccccc2c2ccccc21. The average molecular weight is 352 g/mol. The molecule has 0 bridgehead atoms. The monoisotopic (exact) mass is 351 g/mol. The van der Waals surface area contributed by atoms with Gasteiger partial charge in [-0.3, -0.25) is 0 Å². The summed E-state index contributed by atoms with van der Waals surface area (Å²) in [6.07, 6.45) is 0.874. The second-order valence-corrected chi connectivity index (χ2v) is 11.8. The molecule has 2 aromatic carbocycles. The molecule has 0 radical (unpaired) electrons. The van der Waals surface area contributed by atoms with Gasteiger partial charge in [0.15, 0.2) is 8.24 Å². The van der Waals surface area contributed by atoms with Gasteiger partial charge in [-0.15, -0.1) is 0 Å². The fourth-order valence-electron chi connectivity index (χ4n) is 3.48. The fourth-order valence-corrected chi connectivity index (χ4v) is 6.41. The summed E-state index contributed by atoms with van der Waals surface area (Å²) in [5, 5.41) is 2.62. The normalized spacial score (nSPS) is 11.8. The molecular weight excluding hydrogens is 326 g/mol. The van der Waals surface area contributed by atoms with Crippen LogP contribution in [0.2, 0.25) is 19.1 Å². The number of nitrogens with zero attached hydrogens (tertiary/aromatic N) is 1. The van der Waals surface area contributed by atoms with Crippen LogP contribution in [0.4, 0.5) is 0 Å². The van der Waals surface area contributed by atoms with Crippen LogP contribution >= 0.6 is 0 Å². The minimum absolute atomic E-state index is 0.295. The molecule has 3 aromatic rings. The zero-order valence-electron chi connectivity index (χ0n) is 15.2. The van der Waals surface area contributed by atoms with Gasteiger partial charge in [0.05, 0.1) is 6.61 Å². The number of carbonyl (C=O) groups excluding carboxylic acids is 1. The molecule has 130 valence electrons. The summed E-state index contributed by atoms with van der Waals surface area (Å²) >= 11 is 0. The lowest BCUT2D eigenvalue weighted by molar-refractivity contribution is -0.138. The van der Waals surface area contributed by atoms with Crippen LogP contribution in [0.3, 0.4) is 0 Å². The molecule has 0 N–H and O–H groups in total. The van der Waals surface area contributed by atoms with Crippen molar-refractivity contribution in [2.45, 2.75) is 32.5 Å². The van der Waals surface area contributed by atoms with Gasteiger partial charge in [0.2, 0.25) is 0 Å². The van der Waals surface area contributed by atoms with Gasteiger partial charge in [0.25, 0.3) is 0 Å². The summed E-state index contributed by atoms with van der Waals surface area (Å²) in [5.74, 6) is -0.295. The summed E-state index contributed by atoms with van der Waals surface area (Å²) in [7, 11) is -1.75. The van der Waals surface area contributed by atoms with Crippen LogP contribution in [0.1, 0.15) is 13.3 Å². The van der Waals surface area contributed by atoms with Crippen molar-refractivity contribution in [3.05, 3.63) is 60.7 Å². The van der Waals surface area contributed by atoms with Crippen LogP contribution in [0, 0.1) is 0 Å². The van der Waals surface area contributed by atoms with Gasteiger partial charge in [-0.2, -0.15) is 0 Å². The molecule has 0 unspecified atom stereocenters. The number of fused-ring (bicyclic) bond motifs is 3. The molecule has 0 saturated heterocycles. The third-order valence-electron chi connectivity index (χ3n) is 4.70. The van der Waals surface area contributed by atoms with Crippen LogP contribution in [0.25, 0.3) is 21.8 Å². The zero-order chi connectivity index (χ0) is 18.0. The van der Waals surface area contributed by atoms with E-state index in [-0.39, 0.29) is 5.97 Å². The van der Waals surface area contributed by atoms with Gasteiger partial charge < -0.3 is 8.97 Å². The molecule has 0 aliphatic heterocycles. The number of rotatable bonds is 6. The van der Waals surface area contributed by atoms with E-state index in [1.54, 1.807) is 6.92 Å². The Labute approximate surface area is 150 Å². The number of esters is 1. The van der Waals surface area contributed by atoms with Gasteiger partial charge in [0.1, 0.15) is 0 Å². The quantitative estimate of drug-likeness (QED) is 0.259. The highest BCUT2D eigenvalue weighted by Crippen LogP contribution is 2.33. The predicted octanol–water partition coefficient (Wildman–Crippen LogP) is 5.36. The molecule has 25 heavy (non-hydrogen) atoms. The summed E-state index contributed by atoms with van der Waals surface area (Å²) in [4.78, 5) is 11.5. The molecule has 0 fully saturated rings. The number of benzene rings is 2. The van der Waals surface area contributed by atoms with E-state index in [0.29, 0.717) is 12.2 Å². The Bertz CT molecular complexity index is 886. The van der Waals surface area contributed by atoms with Crippen LogP contribution in [-0.2, 0) is 9.53 Å². The Morgan fingerprint density at radius 2 is 1.56 bits per heavy atom. The lowest BCUT2D eigenvalue weighted by Crippen LogP contribution is -2.36. The summed E-state index contributed by atoms with van der Waals surface area (Å²) in [6.45, 7) is 10.5. The van der Waals surface area contributed by atoms with Crippen molar-refractivity contribution in [2.75, 3.05) is 6.61 Å². The lowest BCUT2D eigenvalue weighted by Gasteiger charge is -2.27. The second-order valence-electron chi connectivity index (χ2n) is 7.20. The first-order valence-corrected chi connectivity index (χ1v) is 11.9. The van der Waals surface area contributed by atoms with Crippen molar-refractivity contribution < 1.29 is 9.53 Å². The fraction of sp³-hybridized carbons (Fsp3) is 0.286. The van der Waals surface area contributed by atoms with Gasteiger partial charge in [-0.25, -0.2) is 4.79 Å². The number of carbonyl (C=O) groups is 1. The standard InChI is InChI=1S/C21H25NO2Si/c1-16(2)21(23)24-14-9-15-25(3,4)22-19-12-7-5-10-17(19)18-11-6-8-13-20(18)22/h5-8,10-13H,1,9,14-15H2,2-4H3. The van der Waals surface area contributed by atoms with E-state index < -0.39 is 8.24 Å². The molecule has 0 amide bonds. The van der Waals surface area contributed by atoms with Gasteiger partial charge in [0, 0.05) is 27.4 Å². The maximum Gasteiger partial charge on any atom is 0.333 e. The first-order chi connectivity index (χ1) is 11.9. The number of hydrogen-bond acceptors (Lipinski definition) is 2. The van der Waals surface area contributed by atoms with E-state index in [0.717, 1.165) is 12.5 Å². The molecule has 0 spiro atoms. The van der Waals surface area contributed by atoms with Crippen LogP contribution in [-0.4, -0.2) is 25.0 Å². The highest BCUT2D eigenvalue weighted by atomic mass is 28.3. The largest absolute Gasteiger partial charge is 0.462 e. The first kappa shape index (κ1) is 17.5. The van der Waals surface area contributed by atoms with E-state index in [1.807, 2.05) is 0 Å². The molecule has 3 nitrogen and oxygen atoms in total. The molecule has 4 heteroatoms. The van der Waals surface area contributed by atoms with Gasteiger partial charge >= 0.3 is 5.97 Å². The van der Waals surface area contributed by atoms with E-state index >= 15 is 0 Å². The topological polar surface area (TPSA) is 31.2 Å². The van der Waals surface area contributed by atoms with Crippen LogP contribution in [0.15, 0.2) is 60.7 Å². The smallest absolute Gasteiger partial charge is 0.333 e. The van der Waals surface area contributed by atoms with Gasteiger partial charge in [-0.1, -0.05) is 56.1 Å². The molecule has 1 heterocycles. The maximum atomic E-state index is 11.5. The number of aromatic nitrogens is 1. The average Bonchev–Trinajstić information content (AvgIpc) is 2.93. The minimum atomic E-state index is -1.75. The highest BCUT2D eigenvalue weighted by Gasteiger charge is 2.27. The molecule has 0 aliphatic carbocycles. The summed E-state index contributed by atoms with van der Waals surface area (Å²) in [5.41, 5.74) is 3.07. The molecule has 0 saturated carbocycles. The lowest BCUT2D eigenvalue weighted by atomic mass is 10.2.